The van der Waals surface area contributed by atoms with Crippen molar-refractivity contribution >= 4 is 27.9 Å². The van der Waals surface area contributed by atoms with Gasteiger partial charge in [-0.15, -0.1) is 0 Å². The van der Waals surface area contributed by atoms with Crippen LogP contribution < -0.4 is 10.7 Å². The number of hydrogen-bond acceptors (Lipinski definition) is 5. The number of imide groups is 1. The molecule has 0 aromatic carbocycles. The van der Waals surface area contributed by atoms with Crippen molar-refractivity contribution in [1.82, 2.24) is 25.0 Å². The number of nitrogens with zero attached hydrogens (tertiary/aromatic N) is 2. The number of rotatable bonds is 4. The van der Waals surface area contributed by atoms with Crippen LogP contribution in [-0.4, -0.2) is 59.2 Å². The fourth-order valence-electron chi connectivity index (χ4n) is 4.21. The molecule has 1 aromatic heterocycles. The summed E-state index contributed by atoms with van der Waals surface area (Å²) in [5, 5.41) is 3.43. The Kier molecular flexibility index (Phi) is 4.89. The van der Waals surface area contributed by atoms with Crippen molar-refractivity contribution in [1.29, 1.82) is 0 Å². The SMILES string of the molecule is CC1CCC2(CC1)NC(=O)N(NC(=O)c1cc(S(=O)(=O)N3CCCC3)c[nH]1)C2=O. The van der Waals surface area contributed by atoms with Crippen LogP contribution in [0.2, 0.25) is 0 Å². The molecular weight excluding hydrogens is 398 g/mol. The highest BCUT2D eigenvalue weighted by atomic mass is 32.2. The molecular formula is C18H25N5O5S. The van der Waals surface area contributed by atoms with Crippen LogP contribution in [0.5, 0.6) is 0 Å². The summed E-state index contributed by atoms with van der Waals surface area (Å²) in [7, 11) is -3.67. The minimum absolute atomic E-state index is 0.0144. The van der Waals surface area contributed by atoms with E-state index in [1.807, 2.05) is 0 Å². The Morgan fingerprint density at radius 2 is 1.86 bits per heavy atom. The van der Waals surface area contributed by atoms with Gasteiger partial charge in [0.25, 0.3) is 11.8 Å². The van der Waals surface area contributed by atoms with Crippen molar-refractivity contribution in [2.24, 2.45) is 5.92 Å². The second-order valence-electron chi connectivity index (χ2n) is 8.14. The van der Waals surface area contributed by atoms with Crippen LogP contribution in [0.3, 0.4) is 0 Å². The van der Waals surface area contributed by atoms with Crippen LogP contribution in [0, 0.1) is 5.92 Å². The summed E-state index contributed by atoms with van der Waals surface area (Å²) in [5.41, 5.74) is 1.30. The van der Waals surface area contributed by atoms with Crippen molar-refractivity contribution in [3.05, 3.63) is 18.0 Å². The number of amides is 4. The molecule has 11 heteroatoms. The minimum atomic E-state index is -3.67. The van der Waals surface area contributed by atoms with E-state index in [-0.39, 0.29) is 10.6 Å². The third-order valence-corrected chi connectivity index (χ3v) is 7.98. The van der Waals surface area contributed by atoms with E-state index in [2.05, 4.69) is 22.7 Å². The molecule has 3 aliphatic rings. The molecule has 0 unspecified atom stereocenters. The van der Waals surface area contributed by atoms with Gasteiger partial charge in [-0.05, 0) is 50.5 Å². The first kappa shape index (κ1) is 19.9. The van der Waals surface area contributed by atoms with Crippen molar-refractivity contribution in [3.8, 4) is 0 Å². The number of aromatic amines is 1. The molecule has 4 amide bonds. The van der Waals surface area contributed by atoms with E-state index in [1.165, 1.54) is 16.6 Å². The Bertz CT molecular complexity index is 942. The summed E-state index contributed by atoms with van der Waals surface area (Å²) < 4.78 is 26.6. The first-order valence-corrected chi connectivity index (χ1v) is 11.3. The largest absolute Gasteiger partial charge is 0.356 e. The number of H-pyrrole nitrogens is 1. The quantitative estimate of drug-likeness (QED) is 0.620. The topological polar surface area (TPSA) is 132 Å². The molecule has 158 valence electrons. The van der Waals surface area contributed by atoms with Gasteiger partial charge < -0.3 is 10.3 Å². The van der Waals surface area contributed by atoms with E-state index in [1.54, 1.807) is 0 Å². The highest BCUT2D eigenvalue weighted by Crippen LogP contribution is 2.35. The molecule has 0 atom stereocenters. The minimum Gasteiger partial charge on any atom is -0.356 e. The van der Waals surface area contributed by atoms with E-state index < -0.39 is 33.4 Å². The van der Waals surface area contributed by atoms with Crippen molar-refractivity contribution in [3.63, 3.8) is 0 Å². The van der Waals surface area contributed by atoms with Gasteiger partial charge in [-0.2, -0.15) is 9.31 Å². The third kappa shape index (κ3) is 3.42. The molecule has 2 aliphatic heterocycles. The molecule has 1 aromatic rings. The smallest absolute Gasteiger partial charge is 0.344 e. The zero-order valence-corrected chi connectivity index (χ0v) is 17.0. The Morgan fingerprint density at radius 1 is 1.21 bits per heavy atom. The van der Waals surface area contributed by atoms with Gasteiger partial charge in [0.2, 0.25) is 10.0 Å². The number of hydrogen-bond donors (Lipinski definition) is 3. The molecule has 0 bridgehead atoms. The predicted molar refractivity (Wildman–Crippen MR) is 102 cm³/mol. The third-order valence-electron chi connectivity index (χ3n) is 6.11. The van der Waals surface area contributed by atoms with Gasteiger partial charge in [0, 0.05) is 19.3 Å². The maximum absolute atomic E-state index is 12.8. The van der Waals surface area contributed by atoms with Gasteiger partial charge in [0.1, 0.15) is 16.1 Å². The summed E-state index contributed by atoms with van der Waals surface area (Å²) in [6.07, 6.45) is 5.58. The lowest BCUT2D eigenvalue weighted by Gasteiger charge is -2.33. The molecule has 3 fully saturated rings. The number of carbonyl (C=O) groups is 3. The van der Waals surface area contributed by atoms with Gasteiger partial charge in [0.05, 0.1) is 0 Å². The summed E-state index contributed by atoms with van der Waals surface area (Å²) in [6.45, 7) is 3.02. The monoisotopic (exact) mass is 423 g/mol. The number of urea groups is 1. The molecule has 3 N–H and O–H groups in total. The van der Waals surface area contributed by atoms with E-state index in [0.29, 0.717) is 36.9 Å². The lowest BCUT2D eigenvalue weighted by atomic mass is 9.77. The second-order valence-corrected chi connectivity index (χ2v) is 10.1. The predicted octanol–water partition coefficient (Wildman–Crippen LogP) is 0.945. The summed E-state index contributed by atoms with van der Waals surface area (Å²) in [4.78, 5) is 40.3. The summed E-state index contributed by atoms with van der Waals surface area (Å²) >= 11 is 0. The number of nitrogens with one attached hydrogen (secondary N) is 3. The molecule has 29 heavy (non-hydrogen) atoms. The molecule has 2 saturated heterocycles. The lowest BCUT2D eigenvalue weighted by Crippen LogP contribution is -2.51. The van der Waals surface area contributed by atoms with Gasteiger partial charge in [-0.25, -0.2) is 13.2 Å². The van der Waals surface area contributed by atoms with Gasteiger partial charge >= 0.3 is 6.03 Å². The standard InChI is InChI=1S/C18H25N5O5S/c1-12-4-6-18(7-5-12)16(25)23(17(26)20-18)21-15(24)14-10-13(11-19-14)29(27,28)22-8-2-3-9-22/h10-12,19H,2-9H2,1H3,(H,20,26)(H,21,24). The normalized spacial score (nSPS) is 28.2. The van der Waals surface area contributed by atoms with Gasteiger partial charge in [-0.3, -0.25) is 15.0 Å². The summed E-state index contributed by atoms with van der Waals surface area (Å²) in [5.74, 6) is -0.735. The molecule has 3 heterocycles. The second kappa shape index (κ2) is 7.13. The van der Waals surface area contributed by atoms with Gasteiger partial charge in [-0.1, -0.05) is 6.92 Å². The van der Waals surface area contributed by atoms with Crippen molar-refractivity contribution in [2.45, 2.75) is 55.9 Å². The van der Waals surface area contributed by atoms with Crippen LogP contribution in [0.15, 0.2) is 17.2 Å². The maximum Gasteiger partial charge on any atom is 0.344 e. The van der Waals surface area contributed by atoms with E-state index >= 15 is 0 Å². The molecule has 1 aliphatic carbocycles. The van der Waals surface area contributed by atoms with Crippen LogP contribution in [0.4, 0.5) is 4.79 Å². The molecule has 0 radical (unpaired) electrons. The molecule has 1 spiro atoms. The number of carbonyl (C=O) groups excluding carboxylic acids is 3. The Labute approximate surface area is 169 Å². The summed E-state index contributed by atoms with van der Waals surface area (Å²) in [6, 6.07) is 0.550. The zero-order valence-electron chi connectivity index (χ0n) is 16.2. The Balaban J connectivity index is 1.47. The molecule has 10 nitrogen and oxygen atoms in total. The van der Waals surface area contributed by atoms with Gasteiger partial charge in [0.15, 0.2) is 0 Å². The van der Waals surface area contributed by atoms with Crippen LogP contribution in [0.1, 0.15) is 55.9 Å². The first-order chi connectivity index (χ1) is 13.7. The van der Waals surface area contributed by atoms with Crippen LogP contribution in [0.25, 0.3) is 0 Å². The van der Waals surface area contributed by atoms with E-state index in [0.717, 1.165) is 25.7 Å². The molecule has 1 saturated carbocycles. The highest BCUT2D eigenvalue weighted by molar-refractivity contribution is 7.89. The number of hydrazine groups is 1. The number of sulfonamides is 1. The number of aromatic nitrogens is 1. The van der Waals surface area contributed by atoms with E-state index in [4.69, 9.17) is 0 Å². The Hall–Kier alpha value is -2.40. The maximum atomic E-state index is 12.8. The first-order valence-electron chi connectivity index (χ1n) is 9.89. The van der Waals surface area contributed by atoms with Crippen LogP contribution in [-0.2, 0) is 14.8 Å². The van der Waals surface area contributed by atoms with Crippen molar-refractivity contribution < 1.29 is 22.8 Å². The fourth-order valence-corrected chi connectivity index (χ4v) is 5.72. The average Bonchev–Trinajstić information content (AvgIpc) is 3.42. The average molecular weight is 423 g/mol. The zero-order chi connectivity index (χ0) is 20.8. The Morgan fingerprint density at radius 3 is 2.52 bits per heavy atom. The highest BCUT2D eigenvalue weighted by Gasteiger charge is 2.53. The van der Waals surface area contributed by atoms with Crippen LogP contribution >= 0.6 is 0 Å². The van der Waals surface area contributed by atoms with Crippen molar-refractivity contribution in [2.75, 3.05) is 13.1 Å². The van der Waals surface area contributed by atoms with E-state index in [9.17, 15) is 22.8 Å². The lowest BCUT2D eigenvalue weighted by molar-refractivity contribution is -0.134. The molecule has 4 rings (SSSR count). The fraction of sp³-hybridized carbons (Fsp3) is 0.611.